The summed E-state index contributed by atoms with van der Waals surface area (Å²) in [7, 11) is 2.24. The summed E-state index contributed by atoms with van der Waals surface area (Å²) in [4.78, 5) is 5.13. The Morgan fingerprint density at radius 1 is 1.56 bits per heavy atom. The van der Waals surface area contributed by atoms with Crippen LogP contribution in [0.5, 0.6) is 0 Å². The first-order valence-electron chi connectivity index (χ1n) is 6.90. The average molecular weight is 265 g/mol. The largest absolute Gasteiger partial charge is 0.329 e. The van der Waals surface area contributed by atoms with Crippen molar-refractivity contribution < 1.29 is 0 Å². The lowest BCUT2D eigenvalue weighted by Crippen LogP contribution is -2.53. The van der Waals surface area contributed by atoms with E-state index in [1.807, 2.05) is 0 Å². The molecule has 1 saturated heterocycles. The summed E-state index contributed by atoms with van der Waals surface area (Å²) in [5.74, 6) is 0. The van der Waals surface area contributed by atoms with Crippen LogP contribution in [0.3, 0.4) is 0 Å². The summed E-state index contributed by atoms with van der Waals surface area (Å²) in [6, 6.07) is 3.09. The number of rotatable bonds is 5. The van der Waals surface area contributed by atoms with Crippen LogP contribution in [0, 0.1) is 0 Å². The predicted molar refractivity (Wildman–Crippen MR) is 76.8 cm³/mol. The minimum atomic E-state index is 0.199. The van der Waals surface area contributed by atoms with E-state index in [2.05, 4.69) is 33.7 Å². The van der Waals surface area contributed by atoms with Crippen LogP contribution in [0.15, 0.2) is 16.8 Å². The zero-order valence-corrected chi connectivity index (χ0v) is 12.0. The molecule has 1 aromatic heterocycles. The second-order valence-electron chi connectivity index (χ2n) is 5.87. The van der Waals surface area contributed by atoms with Crippen LogP contribution in [-0.2, 0) is 6.54 Å². The summed E-state index contributed by atoms with van der Waals surface area (Å²) in [6.07, 6.45) is 4.02. The fourth-order valence-corrected chi connectivity index (χ4v) is 3.76. The fraction of sp³-hybridized carbons (Fsp3) is 0.714. The third kappa shape index (κ3) is 2.35. The minimum absolute atomic E-state index is 0.199. The molecule has 1 saturated carbocycles. The number of hydrogen-bond acceptors (Lipinski definition) is 4. The Bertz CT molecular complexity index is 388. The second-order valence-corrected chi connectivity index (χ2v) is 6.65. The van der Waals surface area contributed by atoms with Gasteiger partial charge in [0.05, 0.1) is 0 Å². The lowest BCUT2D eigenvalue weighted by atomic mass is 9.96. The van der Waals surface area contributed by atoms with Crippen molar-refractivity contribution in [1.82, 2.24) is 9.80 Å². The van der Waals surface area contributed by atoms with Gasteiger partial charge in [-0.05, 0) is 48.7 Å². The predicted octanol–water partition coefficient (Wildman–Crippen LogP) is 1.75. The molecule has 0 bridgehead atoms. The Morgan fingerprint density at radius 2 is 2.39 bits per heavy atom. The average Bonchev–Trinajstić information content (AvgIpc) is 2.93. The van der Waals surface area contributed by atoms with E-state index in [0.717, 1.165) is 25.7 Å². The van der Waals surface area contributed by atoms with E-state index >= 15 is 0 Å². The van der Waals surface area contributed by atoms with Gasteiger partial charge in [0, 0.05) is 37.8 Å². The van der Waals surface area contributed by atoms with Crippen LogP contribution >= 0.6 is 11.3 Å². The first-order chi connectivity index (χ1) is 8.73. The Kier molecular flexibility index (Phi) is 3.45. The highest BCUT2D eigenvalue weighted by Crippen LogP contribution is 2.35. The number of nitrogens with two attached hydrogens (primary N) is 1. The summed E-state index contributed by atoms with van der Waals surface area (Å²) >= 11 is 1.78. The second kappa shape index (κ2) is 4.93. The van der Waals surface area contributed by atoms with Crippen molar-refractivity contribution in [3.05, 3.63) is 22.4 Å². The van der Waals surface area contributed by atoms with Gasteiger partial charge in [-0.3, -0.25) is 9.80 Å². The molecule has 0 aromatic carbocycles. The van der Waals surface area contributed by atoms with Gasteiger partial charge in [-0.2, -0.15) is 11.3 Å². The van der Waals surface area contributed by atoms with Crippen molar-refractivity contribution in [2.24, 2.45) is 5.73 Å². The normalized spacial score (nSPS) is 29.3. The molecule has 2 aliphatic rings. The van der Waals surface area contributed by atoms with Gasteiger partial charge in [-0.1, -0.05) is 0 Å². The Hall–Kier alpha value is -0.420. The number of thiophene rings is 1. The molecule has 0 amide bonds. The molecule has 1 aromatic rings. The Morgan fingerprint density at radius 3 is 3.00 bits per heavy atom. The minimum Gasteiger partial charge on any atom is -0.329 e. The Balaban J connectivity index is 1.67. The molecule has 1 aliphatic carbocycles. The molecular formula is C14H23N3S. The quantitative estimate of drug-likeness (QED) is 0.880. The number of likely N-dealkylation sites (tertiary alicyclic amines) is 1. The standard InChI is InChI=1S/C14H23N3S/c1-16(8-12-4-7-18-9-12)14(10-15)5-6-17(11-14)13-2-3-13/h4,7,9,13H,2-3,5-6,8,10-11,15H2,1H3. The molecule has 2 N–H and O–H groups in total. The molecule has 4 heteroatoms. The van der Waals surface area contributed by atoms with E-state index in [0.29, 0.717) is 0 Å². The highest BCUT2D eigenvalue weighted by molar-refractivity contribution is 7.07. The van der Waals surface area contributed by atoms with E-state index < -0.39 is 0 Å². The number of nitrogens with zero attached hydrogens (tertiary/aromatic N) is 2. The van der Waals surface area contributed by atoms with E-state index in [1.165, 1.54) is 31.4 Å². The van der Waals surface area contributed by atoms with Crippen molar-refractivity contribution in [3.8, 4) is 0 Å². The van der Waals surface area contributed by atoms with E-state index in [9.17, 15) is 0 Å². The van der Waals surface area contributed by atoms with Crippen molar-refractivity contribution in [3.63, 3.8) is 0 Å². The van der Waals surface area contributed by atoms with Crippen molar-refractivity contribution in [1.29, 1.82) is 0 Å². The summed E-state index contributed by atoms with van der Waals surface area (Å²) in [5, 5.41) is 4.40. The molecule has 0 spiro atoms. The molecule has 0 radical (unpaired) electrons. The third-order valence-electron chi connectivity index (χ3n) is 4.61. The first-order valence-corrected chi connectivity index (χ1v) is 7.84. The molecule has 3 nitrogen and oxygen atoms in total. The number of hydrogen-bond donors (Lipinski definition) is 1. The maximum Gasteiger partial charge on any atom is 0.0471 e. The molecule has 3 rings (SSSR count). The SMILES string of the molecule is CN(Cc1ccsc1)C1(CN)CCN(C2CC2)C1. The molecule has 100 valence electrons. The molecular weight excluding hydrogens is 242 g/mol. The highest BCUT2D eigenvalue weighted by atomic mass is 32.1. The van der Waals surface area contributed by atoms with Gasteiger partial charge in [0.1, 0.15) is 0 Å². The maximum absolute atomic E-state index is 6.12. The summed E-state index contributed by atoms with van der Waals surface area (Å²) < 4.78 is 0. The van der Waals surface area contributed by atoms with Crippen LogP contribution in [0.25, 0.3) is 0 Å². The summed E-state index contributed by atoms with van der Waals surface area (Å²) in [5.41, 5.74) is 7.73. The molecule has 1 unspecified atom stereocenters. The molecule has 18 heavy (non-hydrogen) atoms. The van der Waals surface area contributed by atoms with Crippen LogP contribution < -0.4 is 5.73 Å². The van der Waals surface area contributed by atoms with Crippen LogP contribution in [-0.4, -0.2) is 48.1 Å². The third-order valence-corrected chi connectivity index (χ3v) is 5.35. The van der Waals surface area contributed by atoms with Gasteiger partial charge in [0.15, 0.2) is 0 Å². The van der Waals surface area contributed by atoms with Gasteiger partial charge in [-0.15, -0.1) is 0 Å². The van der Waals surface area contributed by atoms with Crippen molar-refractivity contribution in [2.45, 2.75) is 37.4 Å². The first kappa shape index (κ1) is 12.6. The zero-order valence-electron chi connectivity index (χ0n) is 11.1. The molecule has 2 fully saturated rings. The number of likely N-dealkylation sites (N-methyl/N-ethyl adjacent to an activating group) is 1. The maximum atomic E-state index is 6.12. The van der Waals surface area contributed by atoms with Crippen LogP contribution in [0.2, 0.25) is 0 Å². The van der Waals surface area contributed by atoms with Gasteiger partial charge in [0.25, 0.3) is 0 Å². The van der Waals surface area contributed by atoms with E-state index in [-0.39, 0.29) is 5.54 Å². The molecule has 2 heterocycles. The molecule has 1 atom stereocenters. The summed E-state index contributed by atoms with van der Waals surface area (Å²) in [6.45, 7) is 4.20. The van der Waals surface area contributed by atoms with Gasteiger partial charge in [0.2, 0.25) is 0 Å². The van der Waals surface area contributed by atoms with Crippen molar-refractivity contribution in [2.75, 3.05) is 26.7 Å². The Labute approximate surface area is 114 Å². The lowest BCUT2D eigenvalue weighted by molar-refractivity contribution is 0.120. The lowest BCUT2D eigenvalue weighted by Gasteiger charge is -2.38. The van der Waals surface area contributed by atoms with E-state index in [1.54, 1.807) is 11.3 Å². The van der Waals surface area contributed by atoms with E-state index in [4.69, 9.17) is 5.73 Å². The van der Waals surface area contributed by atoms with Crippen LogP contribution in [0.4, 0.5) is 0 Å². The molecule has 1 aliphatic heterocycles. The van der Waals surface area contributed by atoms with Gasteiger partial charge < -0.3 is 5.73 Å². The van der Waals surface area contributed by atoms with Crippen molar-refractivity contribution >= 4 is 11.3 Å². The highest BCUT2D eigenvalue weighted by Gasteiger charge is 2.44. The fourth-order valence-electron chi connectivity index (χ4n) is 3.10. The van der Waals surface area contributed by atoms with Gasteiger partial charge >= 0.3 is 0 Å². The van der Waals surface area contributed by atoms with Gasteiger partial charge in [-0.25, -0.2) is 0 Å². The monoisotopic (exact) mass is 265 g/mol. The smallest absolute Gasteiger partial charge is 0.0471 e. The topological polar surface area (TPSA) is 32.5 Å². The zero-order chi connectivity index (χ0) is 12.6. The van der Waals surface area contributed by atoms with Crippen LogP contribution in [0.1, 0.15) is 24.8 Å².